The van der Waals surface area contributed by atoms with Gasteiger partial charge < -0.3 is 9.47 Å². The van der Waals surface area contributed by atoms with Crippen LogP contribution in [0.25, 0.3) is 22.2 Å². The first-order chi connectivity index (χ1) is 16.5. The molecule has 0 atom stereocenters. The molecule has 2 amide bonds. The minimum absolute atomic E-state index is 0.0604. The van der Waals surface area contributed by atoms with Gasteiger partial charge in [-0.3, -0.25) is 4.79 Å². The van der Waals surface area contributed by atoms with E-state index in [4.69, 9.17) is 9.47 Å². The first kappa shape index (κ1) is 24.0. The van der Waals surface area contributed by atoms with Gasteiger partial charge in [-0.2, -0.15) is 0 Å². The maximum atomic E-state index is 13.4. The lowest BCUT2D eigenvalue weighted by Crippen LogP contribution is -2.38. The fraction of sp³-hybridized carbons (Fsp3) is 0.346. The van der Waals surface area contributed by atoms with Crippen LogP contribution < -0.4 is 4.90 Å². The number of rotatable bonds is 6. The van der Waals surface area contributed by atoms with Gasteiger partial charge in [-0.1, -0.05) is 60.8 Å². The van der Waals surface area contributed by atoms with Gasteiger partial charge in [0.1, 0.15) is 0 Å². The van der Waals surface area contributed by atoms with Gasteiger partial charge in [-0.15, -0.1) is 0 Å². The summed E-state index contributed by atoms with van der Waals surface area (Å²) in [7, 11) is 0. The van der Waals surface area contributed by atoms with Gasteiger partial charge in [-0.25, -0.2) is 19.1 Å². The number of carbonyl (C=O) groups is 3. The molecule has 0 spiro atoms. The van der Waals surface area contributed by atoms with Crippen LogP contribution in [0.15, 0.2) is 46.9 Å². The molecule has 0 saturated carbocycles. The summed E-state index contributed by atoms with van der Waals surface area (Å²) in [4.78, 5) is 40.7. The van der Waals surface area contributed by atoms with E-state index in [0.29, 0.717) is 41.1 Å². The molecule has 3 aromatic rings. The monoisotopic (exact) mass is 526 g/mol. The Kier molecular flexibility index (Phi) is 7.36. The van der Waals surface area contributed by atoms with Crippen molar-refractivity contribution in [3.8, 4) is 11.3 Å². The van der Waals surface area contributed by atoms with Gasteiger partial charge in [0.2, 0.25) is 5.91 Å². The van der Waals surface area contributed by atoms with Crippen LogP contribution in [0.4, 0.5) is 15.3 Å². The van der Waals surface area contributed by atoms with E-state index in [1.165, 1.54) is 4.57 Å². The van der Waals surface area contributed by atoms with Crippen LogP contribution in [0.5, 0.6) is 0 Å². The lowest BCUT2D eigenvalue weighted by Gasteiger charge is -2.21. The Morgan fingerprint density at radius 1 is 0.971 bits per heavy atom. The SMILES string of the molecule is CCCCOC(=O)N1C(=O)Cc2c(n(C(=O)OCCCC)c3ccc(Br)cc23)-c2ccccc21. The Morgan fingerprint density at radius 3 is 2.35 bits per heavy atom. The molecule has 8 heteroatoms. The van der Waals surface area contributed by atoms with E-state index in [0.717, 1.165) is 34.0 Å². The largest absolute Gasteiger partial charge is 0.449 e. The van der Waals surface area contributed by atoms with Gasteiger partial charge in [0.05, 0.1) is 36.5 Å². The Labute approximate surface area is 206 Å². The lowest BCUT2D eigenvalue weighted by atomic mass is 10.0. The normalized spacial score (nSPS) is 12.8. The van der Waals surface area contributed by atoms with Crippen LogP contribution in [0, 0.1) is 0 Å². The average Bonchev–Trinajstić information content (AvgIpc) is 3.05. The molecule has 1 aliphatic rings. The van der Waals surface area contributed by atoms with E-state index in [9.17, 15) is 14.4 Å². The molecule has 0 N–H and O–H groups in total. The number of para-hydroxylation sites is 1. The summed E-state index contributed by atoms with van der Waals surface area (Å²) >= 11 is 3.50. The van der Waals surface area contributed by atoms with Crippen molar-refractivity contribution in [3.05, 3.63) is 52.5 Å². The highest BCUT2D eigenvalue weighted by atomic mass is 79.9. The highest BCUT2D eigenvalue weighted by Gasteiger charge is 2.36. The van der Waals surface area contributed by atoms with Crippen molar-refractivity contribution in [2.24, 2.45) is 0 Å². The number of hydrogen-bond acceptors (Lipinski definition) is 5. The number of aromatic nitrogens is 1. The molecule has 0 unspecified atom stereocenters. The molecule has 7 nitrogen and oxygen atoms in total. The summed E-state index contributed by atoms with van der Waals surface area (Å²) in [6.45, 7) is 4.56. The van der Waals surface area contributed by atoms with Crippen molar-refractivity contribution in [3.63, 3.8) is 0 Å². The third-order valence-electron chi connectivity index (χ3n) is 5.82. The predicted octanol–water partition coefficient (Wildman–Crippen LogP) is 6.68. The van der Waals surface area contributed by atoms with E-state index in [-0.39, 0.29) is 13.0 Å². The second kappa shape index (κ2) is 10.4. The topological polar surface area (TPSA) is 77.8 Å². The quantitative estimate of drug-likeness (QED) is 0.334. The maximum absolute atomic E-state index is 13.4. The number of nitrogens with zero attached hydrogens (tertiary/aromatic N) is 2. The molecule has 1 aliphatic heterocycles. The van der Waals surface area contributed by atoms with E-state index >= 15 is 0 Å². The fourth-order valence-corrected chi connectivity index (χ4v) is 4.51. The smallest absolute Gasteiger partial charge is 0.421 e. The van der Waals surface area contributed by atoms with Crippen LogP contribution in [-0.4, -0.2) is 35.9 Å². The van der Waals surface area contributed by atoms with Crippen LogP contribution >= 0.6 is 15.9 Å². The molecule has 0 bridgehead atoms. The van der Waals surface area contributed by atoms with Gasteiger partial charge in [0.25, 0.3) is 0 Å². The number of benzene rings is 2. The summed E-state index contributed by atoms with van der Waals surface area (Å²) in [5.74, 6) is -0.411. The summed E-state index contributed by atoms with van der Waals surface area (Å²) in [5.41, 5.74) is 2.86. The zero-order chi connectivity index (χ0) is 24.2. The number of fused-ring (bicyclic) bond motifs is 5. The van der Waals surface area contributed by atoms with Crippen LogP contribution in [-0.2, 0) is 20.7 Å². The number of carbonyl (C=O) groups excluding carboxylic acids is 3. The van der Waals surface area contributed by atoms with Crippen LogP contribution in [0.1, 0.15) is 45.1 Å². The van der Waals surface area contributed by atoms with Crippen LogP contribution in [0.3, 0.4) is 0 Å². The number of amides is 2. The Balaban J connectivity index is 1.91. The standard InChI is InChI=1S/C26H27BrN2O5/c1-3-5-13-33-25(31)28-21-10-8-7-9-18(21)24-20(16-23(28)30)19-15-17(27)11-12-22(19)29(24)26(32)34-14-6-4-2/h7-12,15H,3-6,13-14,16H2,1-2H3. The first-order valence-electron chi connectivity index (χ1n) is 11.6. The van der Waals surface area contributed by atoms with Gasteiger partial charge in [0, 0.05) is 15.4 Å². The Morgan fingerprint density at radius 2 is 1.65 bits per heavy atom. The highest BCUT2D eigenvalue weighted by molar-refractivity contribution is 9.10. The first-order valence-corrected chi connectivity index (χ1v) is 12.4. The van der Waals surface area contributed by atoms with Crippen molar-refractivity contribution in [2.45, 2.75) is 46.0 Å². The third-order valence-corrected chi connectivity index (χ3v) is 6.32. The minimum Gasteiger partial charge on any atom is -0.449 e. The van der Waals surface area contributed by atoms with Crippen molar-refractivity contribution in [2.75, 3.05) is 18.1 Å². The maximum Gasteiger partial charge on any atom is 0.421 e. The van der Waals surface area contributed by atoms with Gasteiger partial charge in [-0.05, 0) is 42.7 Å². The van der Waals surface area contributed by atoms with Crippen molar-refractivity contribution < 1.29 is 23.9 Å². The second-order valence-corrected chi connectivity index (χ2v) is 9.10. The molecule has 2 aromatic carbocycles. The van der Waals surface area contributed by atoms with E-state index < -0.39 is 18.1 Å². The number of unbranched alkanes of at least 4 members (excludes halogenated alkanes) is 2. The summed E-state index contributed by atoms with van der Waals surface area (Å²) in [6, 6.07) is 12.6. The molecular formula is C26H27BrN2O5. The van der Waals surface area contributed by atoms with Gasteiger partial charge in [0.15, 0.2) is 0 Å². The number of hydrogen-bond donors (Lipinski definition) is 0. The third kappa shape index (κ3) is 4.46. The Bertz CT molecular complexity index is 1250. The van der Waals surface area contributed by atoms with Crippen LogP contribution in [0.2, 0.25) is 0 Å². The highest BCUT2D eigenvalue weighted by Crippen LogP contribution is 2.42. The lowest BCUT2D eigenvalue weighted by molar-refractivity contribution is -0.117. The van der Waals surface area contributed by atoms with E-state index in [2.05, 4.69) is 15.9 Å². The molecule has 2 heterocycles. The van der Waals surface area contributed by atoms with E-state index in [1.54, 1.807) is 12.1 Å². The van der Waals surface area contributed by atoms with E-state index in [1.807, 2.05) is 44.2 Å². The second-order valence-electron chi connectivity index (χ2n) is 8.18. The number of anilines is 1. The molecule has 4 rings (SSSR count). The predicted molar refractivity (Wildman–Crippen MR) is 134 cm³/mol. The molecule has 0 fully saturated rings. The molecule has 0 saturated heterocycles. The summed E-state index contributed by atoms with van der Waals surface area (Å²) in [5, 5.41) is 0.751. The minimum atomic E-state index is -0.710. The zero-order valence-corrected chi connectivity index (χ0v) is 20.9. The summed E-state index contributed by atoms with van der Waals surface area (Å²) < 4.78 is 13.3. The molecular weight excluding hydrogens is 500 g/mol. The van der Waals surface area contributed by atoms with Crippen molar-refractivity contribution >= 4 is 50.6 Å². The zero-order valence-electron chi connectivity index (χ0n) is 19.3. The number of imide groups is 1. The van der Waals surface area contributed by atoms with Crippen molar-refractivity contribution in [1.29, 1.82) is 0 Å². The molecule has 1 aromatic heterocycles. The van der Waals surface area contributed by atoms with Gasteiger partial charge >= 0.3 is 12.2 Å². The number of ether oxygens (including phenoxy) is 2. The summed E-state index contributed by atoms with van der Waals surface area (Å²) in [6.07, 6.45) is 1.95. The molecule has 0 aliphatic carbocycles. The molecule has 0 radical (unpaired) electrons. The molecule has 34 heavy (non-hydrogen) atoms. The average molecular weight is 527 g/mol. The molecule has 178 valence electrons. The Hall–Kier alpha value is -3.13. The fourth-order valence-electron chi connectivity index (χ4n) is 4.15. The number of halogens is 1. The van der Waals surface area contributed by atoms with Crippen molar-refractivity contribution in [1.82, 2.24) is 4.57 Å².